The van der Waals surface area contributed by atoms with Gasteiger partial charge >= 0.3 is 0 Å². The molecule has 0 N–H and O–H groups in total. The third-order valence-electron chi connectivity index (χ3n) is 2.53. The highest BCUT2D eigenvalue weighted by molar-refractivity contribution is 9.10. The van der Waals surface area contributed by atoms with Crippen LogP contribution in [0.5, 0.6) is 0 Å². The first kappa shape index (κ1) is 12.4. The van der Waals surface area contributed by atoms with Crippen LogP contribution in [0, 0.1) is 0 Å². The van der Waals surface area contributed by atoms with E-state index in [4.69, 9.17) is 16.3 Å². The summed E-state index contributed by atoms with van der Waals surface area (Å²) in [5.41, 5.74) is 2.14. The van der Waals surface area contributed by atoms with E-state index >= 15 is 0 Å². The summed E-state index contributed by atoms with van der Waals surface area (Å²) in [5.74, 6) is 0. The van der Waals surface area contributed by atoms with Gasteiger partial charge in [0.2, 0.25) is 0 Å². The predicted molar refractivity (Wildman–Crippen MR) is 75.1 cm³/mol. The van der Waals surface area contributed by atoms with Gasteiger partial charge in [0, 0.05) is 16.1 Å². The number of allylic oxidation sites excluding steroid dienone is 1. The zero-order chi connectivity index (χ0) is 12.4. The number of benzene rings is 1. The number of aromatic nitrogens is 1. The molecule has 0 amide bonds. The Bertz CT molecular complexity index is 595. The maximum atomic E-state index is 5.95. The highest BCUT2D eigenvalue weighted by atomic mass is 79.9. The summed E-state index contributed by atoms with van der Waals surface area (Å²) < 4.78 is 6.05. The fourth-order valence-corrected chi connectivity index (χ4v) is 2.37. The van der Waals surface area contributed by atoms with Gasteiger partial charge in [0.25, 0.3) is 0 Å². The van der Waals surface area contributed by atoms with E-state index in [2.05, 4.69) is 20.9 Å². The van der Waals surface area contributed by atoms with Crippen molar-refractivity contribution in [1.29, 1.82) is 0 Å². The first-order valence-corrected chi connectivity index (χ1v) is 6.24. The number of pyridine rings is 1. The second-order valence-electron chi connectivity index (χ2n) is 3.68. The van der Waals surface area contributed by atoms with Crippen molar-refractivity contribution in [2.75, 3.05) is 7.11 Å². The second-order valence-corrected chi connectivity index (χ2v) is 4.93. The van der Waals surface area contributed by atoms with Gasteiger partial charge in [0.05, 0.1) is 13.4 Å². The van der Waals surface area contributed by atoms with E-state index < -0.39 is 0 Å². The molecule has 0 saturated heterocycles. The molecule has 1 aromatic carbocycles. The Morgan fingerprint density at radius 1 is 1.41 bits per heavy atom. The summed E-state index contributed by atoms with van der Waals surface area (Å²) in [5, 5.41) is 2.59. The van der Waals surface area contributed by atoms with Gasteiger partial charge in [-0.15, -0.1) is 0 Å². The average Bonchev–Trinajstić information content (AvgIpc) is 2.29. The van der Waals surface area contributed by atoms with Gasteiger partial charge in [-0.1, -0.05) is 33.6 Å². The molecule has 0 atom stereocenters. The van der Waals surface area contributed by atoms with Crippen LogP contribution in [0.3, 0.4) is 0 Å². The number of fused-ring (bicyclic) bond motifs is 1. The molecule has 0 fully saturated rings. The molecule has 0 aliphatic carbocycles. The Kier molecular flexibility index (Phi) is 3.69. The Labute approximate surface area is 113 Å². The molecule has 0 saturated carbocycles. The van der Waals surface area contributed by atoms with Gasteiger partial charge in [-0.3, -0.25) is 0 Å². The predicted octanol–water partition coefficient (Wildman–Crippen LogP) is 4.66. The normalized spacial score (nSPS) is 11.9. The summed E-state index contributed by atoms with van der Waals surface area (Å²) in [7, 11) is 1.64. The fourth-order valence-electron chi connectivity index (χ4n) is 1.76. The highest BCUT2D eigenvalue weighted by Crippen LogP contribution is 2.31. The van der Waals surface area contributed by atoms with Crippen LogP contribution in [0.25, 0.3) is 16.3 Å². The lowest BCUT2D eigenvalue weighted by atomic mass is 10.0. The quantitative estimate of drug-likeness (QED) is 0.594. The van der Waals surface area contributed by atoms with E-state index in [0.717, 1.165) is 26.4 Å². The first-order valence-electron chi connectivity index (χ1n) is 5.07. The lowest BCUT2D eigenvalue weighted by molar-refractivity contribution is 0.339. The SMILES string of the molecule is CO/C=C(/C)c1ccc(Br)c2cnc(Cl)cc12. The van der Waals surface area contributed by atoms with Crippen LogP contribution in [0.15, 0.2) is 35.1 Å². The van der Waals surface area contributed by atoms with E-state index in [0.29, 0.717) is 5.15 Å². The highest BCUT2D eigenvalue weighted by Gasteiger charge is 2.07. The van der Waals surface area contributed by atoms with E-state index in [1.807, 2.05) is 25.1 Å². The average molecular weight is 313 g/mol. The molecule has 88 valence electrons. The molecule has 0 aliphatic rings. The number of hydrogen-bond acceptors (Lipinski definition) is 2. The molecule has 0 spiro atoms. The number of nitrogens with zero attached hydrogens (tertiary/aromatic N) is 1. The second kappa shape index (κ2) is 5.07. The zero-order valence-electron chi connectivity index (χ0n) is 9.50. The molecule has 0 radical (unpaired) electrons. The molecular weight excluding hydrogens is 302 g/mol. The molecule has 0 unspecified atom stereocenters. The van der Waals surface area contributed by atoms with Crippen molar-refractivity contribution < 1.29 is 4.74 Å². The third-order valence-corrected chi connectivity index (χ3v) is 3.43. The molecule has 2 aromatic rings. The van der Waals surface area contributed by atoms with Crippen molar-refractivity contribution in [2.24, 2.45) is 0 Å². The summed E-state index contributed by atoms with van der Waals surface area (Å²) in [6.45, 7) is 2.00. The van der Waals surface area contributed by atoms with Gasteiger partial charge < -0.3 is 4.74 Å². The number of ether oxygens (including phenoxy) is 1. The molecule has 2 nitrogen and oxygen atoms in total. The van der Waals surface area contributed by atoms with E-state index in [1.54, 1.807) is 19.6 Å². The van der Waals surface area contributed by atoms with Crippen LogP contribution >= 0.6 is 27.5 Å². The Morgan fingerprint density at radius 2 is 2.18 bits per heavy atom. The van der Waals surface area contributed by atoms with Crippen LogP contribution in [-0.4, -0.2) is 12.1 Å². The maximum absolute atomic E-state index is 5.95. The fraction of sp³-hybridized carbons (Fsp3) is 0.154. The van der Waals surface area contributed by atoms with E-state index in [1.165, 1.54) is 0 Å². The van der Waals surface area contributed by atoms with Gasteiger partial charge in [-0.05, 0) is 35.6 Å². The van der Waals surface area contributed by atoms with Crippen molar-refractivity contribution in [3.05, 3.63) is 45.8 Å². The van der Waals surface area contributed by atoms with Gasteiger partial charge in [0.15, 0.2) is 0 Å². The Balaban J connectivity index is 2.76. The summed E-state index contributed by atoms with van der Waals surface area (Å²) >= 11 is 9.46. The number of methoxy groups -OCH3 is 1. The lowest BCUT2D eigenvalue weighted by Crippen LogP contribution is -1.87. The van der Waals surface area contributed by atoms with Gasteiger partial charge in [0.1, 0.15) is 5.15 Å². The van der Waals surface area contributed by atoms with E-state index in [9.17, 15) is 0 Å². The first-order chi connectivity index (χ1) is 8.13. The molecule has 1 heterocycles. The van der Waals surface area contributed by atoms with Gasteiger partial charge in [-0.25, -0.2) is 4.98 Å². The number of hydrogen-bond donors (Lipinski definition) is 0. The minimum Gasteiger partial charge on any atom is -0.504 e. The molecular formula is C13H11BrClNO. The summed E-state index contributed by atoms with van der Waals surface area (Å²) in [6, 6.07) is 5.90. The van der Waals surface area contributed by atoms with Crippen LogP contribution in [0.2, 0.25) is 5.15 Å². The largest absolute Gasteiger partial charge is 0.504 e. The standard InChI is InChI=1S/C13H11BrClNO/c1-8(7-17-2)9-3-4-12(14)11-6-16-13(15)5-10(9)11/h3-7H,1-2H3/b8-7-. The summed E-state index contributed by atoms with van der Waals surface area (Å²) in [4.78, 5) is 4.10. The minimum absolute atomic E-state index is 0.488. The smallest absolute Gasteiger partial charge is 0.129 e. The lowest BCUT2D eigenvalue weighted by Gasteiger charge is -2.08. The van der Waals surface area contributed by atoms with Crippen molar-refractivity contribution in [1.82, 2.24) is 4.98 Å². The van der Waals surface area contributed by atoms with Crippen LogP contribution in [-0.2, 0) is 4.74 Å². The Hall–Kier alpha value is -1.06. The van der Waals surface area contributed by atoms with Crippen molar-refractivity contribution in [3.63, 3.8) is 0 Å². The van der Waals surface area contributed by atoms with Gasteiger partial charge in [-0.2, -0.15) is 0 Å². The summed E-state index contributed by atoms with van der Waals surface area (Å²) in [6.07, 6.45) is 3.49. The molecule has 0 bridgehead atoms. The van der Waals surface area contributed by atoms with Crippen LogP contribution in [0.4, 0.5) is 0 Å². The van der Waals surface area contributed by atoms with Crippen LogP contribution < -0.4 is 0 Å². The Morgan fingerprint density at radius 3 is 2.88 bits per heavy atom. The molecule has 4 heteroatoms. The van der Waals surface area contributed by atoms with Crippen molar-refractivity contribution >= 4 is 43.9 Å². The topological polar surface area (TPSA) is 22.1 Å². The van der Waals surface area contributed by atoms with Crippen molar-refractivity contribution in [2.45, 2.75) is 6.92 Å². The third kappa shape index (κ3) is 2.45. The van der Waals surface area contributed by atoms with E-state index in [-0.39, 0.29) is 0 Å². The zero-order valence-corrected chi connectivity index (χ0v) is 11.8. The minimum atomic E-state index is 0.488. The molecule has 0 aliphatic heterocycles. The number of rotatable bonds is 2. The van der Waals surface area contributed by atoms with Crippen molar-refractivity contribution in [3.8, 4) is 0 Å². The molecule has 17 heavy (non-hydrogen) atoms. The monoisotopic (exact) mass is 311 g/mol. The molecule has 2 rings (SSSR count). The van der Waals surface area contributed by atoms with Crippen LogP contribution in [0.1, 0.15) is 12.5 Å². The maximum Gasteiger partial charge on any atom is 0.129 e. The molecule has 1 aromatic heterocycles. The number of halogens is 2.